The molecule has 0 radical (unpaired) electrons. The molecule has 16 nitrogen and oxygen atoms in total. The number of aliphatic hydroxyl groups is 2. The highest BCUT2D eigenvalue weighted by Gasteiger charge is 2.50. The Labute approximate surface area is 404 Å². The fourth-order valence-electron chi connectivity index (χ4n) is 9.71. The van der Waals surface area contributed by atoms with Crippen molar-refractivity contribution in [2.24, 2.45) is 28.8 Å². The van der Waals surface area contributed by atoms with Crippen molar-refractivity contribution in [2.45, 2.75) is 131 Å². The second kappa shape index (κ2) is 20.2. The molecular formula is C53H70N4O12. The Morgan fingerprint density at radius 1 is 0.884 bits per heavy atom. The van der Waals surface area contributed by atoms with Crippen LogP contribution in [0.5, 0.6) is 23.0 Å². The quantitative estimate of drug-likeness (QED) is 0.0612. The van der Waals surface area contributed by atoms with E-state index in [0.29, 0.717) is 19.6 Å². The smallest absolute Gasteiger partial charge is 0.312 e. The van der Waals surface area contributed by atoms with E-state index in [1.165, 1.54) is 59.4 Å². The number of benzene rings is 3. The van der Waals surface area contributed by atoms with Crippen molar-refractivity contribution in [3.8, 4) is 23.0 Å². The standard InChI is InChI=1S/C53H70N4O12/c1-28-18-17-19-29(2)50(65)55-41-36(24-54-57-27-51(8,9)56(26-52(57,10)11)25-35-20-15-14-16-21-35)45(62)38-39(46(41)63)44(61)33(6)48-40(38)49(64)53(12,69-48)67-23-22-37(66-13)30(3)47(68-34(7)58)32(5)43(60)31(4)42(28)59/h14-24,28,30-32,37,42-43,47,59-63H,25-27H2,1-13H3,(H,55,65)/t28-,30-,31-,32-,37+,42-,43-,47-,53-/m0/s1. The van der Waals surface area contributed by atoms with Gasteiger partial charge in [-0.15, -0.1) is 0 Å². The van der Waals surface area contributed by atoms with E-state index in [1.54, 1.807) is 39.8 Å². The molecule has 3 aromatic rings. The summed E-state index contributed by atoms with van der Waals surface area (Å²) in [5.74, 6) is -8.52. The maximum atomic E-state index is 14.7. The van der Waals surface area contributed by atoms with Crippen LogP contribution in [0.15, 0.2) is 71.6 Å². The normalized spacial score (nSPS) is 29.0. The maximum Gasteiger partial charge on any atom is 0.312 e. The van der Waals surface area contributed by atoms with Gasteiger partial charge in [-0.3, -0.25) is 24.3 Å². The number of piperazine rings is 1. The van der Waals surface area contributed by atoms with Crippen LogP contribution in [0.25, 0.3) is 10.8 Å². The molecule has 16 heteroatoms. The van der Waals surface area contributed by atoms with Gasteiger partial charge in [0.1, 0.15) is 23.4 Å². The third-order valence-corrected chi connectivity index (χ3v) is 14.2. The van der Waals surface area contributed by atoms with E-state index in [4.69, 9.17) is 24.0 Å². The Morgan fingerprint density at radius 3 is 2.19 bits per heavy atom. The molecule has 69 heavy (non-hydrogen) atoms. The maximum absolute atomic E-state index is 14.7. The summed E-state index contributed by atoms with van der Waals surface area (Å²) in [5.41, 5.74) is -0.206. The monoisotopic (exact) mass is 954 g/mol. The first-order valence-corrected chi connectivity index (χ1v) is 23.4. The molecule has 0 aliphatic carbocycles. The molecule has 0 spiro atoms. The third kappa shape index (κ3) is 10.4. The summed E-state index contributed by atoms with van der Waals surface area (Å²) < 4.78 is 23.9. The number of ketones is 1. The largest absolute Gasteiger partial charge is 0.507 e. The van der Waals surface area contributed by atoms with E-state index in [1.807, 2.05) is 37.1 Å². The first-order chi connectivity index (χ1) is 32.3. The van der Waals surface area contributed by atoms with Gasteiger partial charge in [-0.2, -0.15) is 5.10 Å². The average molecular weight is 955 g/mol. The number of nitrogens with zero attached hydrogens (tertiary/aromatic N) is 3. The Kier molecular flexibility index (Phi) is 15.3. The summed E-state index contributed by atoms with van der Waals surface area (Å²) in [6, 6.07) is 10.2. The van der Waals surface area contributed by atoms with Gasteiger partial charge in [0.15, 0.2) is 5.75 Å². The minimum Gasteiger partial charge on any atom is -0.507 e. The van der Waals surface area contributed by atoms with Gasteiger partial charge in [0.2, 0.25) is 0 Å². The molecule has 1 amide bonds. The number of aromatic hydroxyl groups is 3. The molecule has 6 N–H and O–H groups in total. The van der Waals surface area contributed by atoms with Gasteiger partial charge in [-0.1, -0.05) is 76.3 Å². The van der Waals surface area contributed by atoms with Gasteiger partial charge in [0.25, 0.3) is 11.7 Å². The number of fused-ring (bicyclic) bond motifs is 14. The van der Waals surface area contributed by atoms with E-state index in [0.717, 1.165) is 5.56 Å². The van der Waals surface area contributed by atoms with E-state index in [9.17, 15) is 39.9 Å². The zero-order valence-corrected chi connectivity index (χ0v) is 42.0. The Balaban J connectivity index is 1.51. The van der Waals surface area contributed by atoms with Crippen LogP contribution in [-0.2, 0) is 30.3 Å². The Bertz CT molecular complexity index is 2570. The van der Waals surface area contributed by atoms with Crippen molar-refractivity contribution in [1.82, 2.24) is 9.91 Å². The third-order valence-electron chi connectivity index (χ3n) is 14.2. The highest BCUT2D eigenvalue weighted by molar-refractivity contribution is 6.23. The number of aliphatic hydroxyl groups excluding tert-OH is 2. The lowest BCUT2D eigenvalue weighted by molar-refractivity contribution is -0.160. The fraction of sp³-hybridized carbons (Fsp3) is 0.509. The van der Waals surface area contributed by atoms with Crippen LogP contribution in [-0.4, -0.2) is 121 Å². The van der Waals surface area contributed by atoms with E-state index in [-0.39, 0.29) is 50.0 Å². The number of phenolic OH excluding ortho intramolecular Hbond substituents is 3. The number of carbonyl (C=O) groups is 3. The summed E-state index contributed by atoms with van der Waals surface area (Å²) in [6.45, 7) is 22.7. The number of Topliss-reactive ketones (excluding diaryl/α,β-unsaturated/α-hetero) is 1. The van der Waals surface area contributed by atoms with Crippen LogP contribution in [0.1, 0.15) is 103 Å². The SMILES string of the molecule is CO[C@@H]1C=CO[C@@]2(C)Oc3c(C)c(O)c4c(O)c(c(C=NN5CC(C)(C)N(Cc6ccccc6)CC5(C)C)c(O)c4c3C2=O)NC(=O)C(C)=CC=C[C@H](C)[C@H](O)[C@H](C)[C@H](O)[C@H](C)[C@@H](OC(C)=O)[C@H]1C. The molecule has 0 unspecified atom stereocenters. The molecule has 0 aromatic heterocycles. The van der Waals surface area contributed by atoms with Crippen LogP contribution in [0.2, 0.25) is 0 Å². The number of nitrogens with one attached hydrogen (secondary N) is 1. The van der Waals surface area contributed by atoms with Crippen molar-refractivity contribution >= 4 is 40.3 Å². The predicted octanol–water partition coefficient (Wildman–Crippen LogP) is 7.46. The number of amides is 1. The molecule has 4 heterocycles. The highest BCUT2D eigenvalue weighted by atomic mass is 16.7. The van der Waals surface area contributed by atoms with Gasteiger partial charge in [-0.25, -0.2) is 0 Å². The van der Waals surface area contributed by atoms with Gasteiger partial charge >= 0.3 is 11.8 Å². The van der Waals surface area contributed by atoms with Crippen LogP contribution in [0.3, 0.4) is 0 Å². The van der Waals surface area contributed by atoms with Gasteiger partial charge in [0, 0.05) is 79.8 Å². The van der Waals surface area contributed by atoms with Crippen molar-refractivity contribution in [2.75, 3.05) is 25.5 Å². The number of anilines is 1. The number of hydrogen-bond donors (Lipinski definition) is 6. The van der Waals surface area contributed by atoms with Crippen LogP contribution < -0.4 is 10.1 Å². The predicted molar refractivity (Wildman–Crippen MR) is 263 cm³/mol. The average Bonchev–Trinajstić information content (AvgIpc) is 3.56. The van der Waals surface area contributed by atoms with E-state index in [2.05, 4.69) is 36.2 Å². The number of hydrogen-bond acceptors (Lipinski definition) is 15. The second-order valence-electron chi connectivity index (χ2n) is 20.4. The molecule has 5 bridgehead atoms. The number of carbonyl (C=O) groups excluding carboxylic acids is 3. The first kappa shape index (κ1) is 52.4. The number of ether oxygens (including phenoxy) is 4. The number of phenols is 3. The topological polar surface area (TPSA) is 220 Å². The summed E-state index contributed by atoms with van der Waals surface area (Å²) in [4.78, 5) is 43.6. The van der Waals surface area contributed by atoms with Crippen molar-refractivity contribution in [3.05, 3.63) is 88.7 Å². The van der Waals surface area contributed by atoms with Crippen molar-refractivity contribution in [1.29, 1.82) is 0 Å². The summed E-state index contributed by atoms with van der Waals surface area (Å²) in [5, 5.41) is 68.5. The lowest BCUT2D eigenvalue weighted by Gasteiger charge is -2.54. The molecule has 3 aromatic carbocycles. The van der Waals surface area contributed by atoms with Crippen LogP contribution >= 0.6 is 0 Å². The first-order valence-electron chi connectivity index (χ1n) is 23.4. The van der Waals surface area contributed by atoms with E-state index >= 15 is 0 Å². The molecule has 7 rings (SSSR count). The minimum absolute atomic E-state index is 0.0466. The molecule has 1 saturated heterocycles. The molecule has 1 fully saturated rings. The highest BCUT2D eigenvalue weighted by Crippen LogP contribution is 2.55. The molecule has 0 saturated carbocycles. The lowest BCUT2D eigenvalue weighted by atomic mass is 9.78. The molecule has 4 aliphatic heterocycles. The van der Waals surface area contributed by atoms with Crippen LogP contribution in [0.4, 0.5) is 5.69 Å². The van der Waals surface area contributed by atoms with Gasteiger partial charge < -0.3 is 49.8 Å². The fourth-order valence-corrected chi connectivity index (χ4v) is 9.71. The molecule has 374 valence electrons. The van der Waals surface area contributed by atoms with Gasteiger partial charge in [0.05, 0.1) is 65.1 Å². The minimum atomic E-state index is -2.08. The summed E-state index contributed by atoms with van der Waals surface area (Å²) >= 11 is 0. The van der Waals surface area contributed by atoms with Crippen LogP contribution in [0, 0.1) is 30.6 Å². The number of allylic oxidation sites excluding steroid dienone is 2. The summed E-state index contributed by atoms with van der Waals surface area (Å²) in [6.07, 6.45) is 4.88. The van der Waals surface area contributed by atoms with Crippen molar-refractivity contribution < 1.29 is 58.9 Å². The Morgan fingerprint density at radius 2 is 1.55 bits per heavy atom. The number of methoxy groups -OCH3 is 1. The Hall–Kier alpha value is -5.94. The number of hydrazone groups is 1. The van der Waals surface area contributed by atoms with Gasteiger partial charge in [-0.05, 0) is 53.2 Å². The van der Waals surface area contributed by atoms with E-state index < -0.39 is 94.3 Å². The zero-order valence-electron chi connectivity index (χ0n) is 42.0. The molecule has 9 atom stereocenters. The zero-order chi connectivity index (χ0) is 51.1. The number of rotatable bonds is 6. The summed E-state index contributed by atoms with van der Waals surface area (Å²) in [7, 11) is 1.44. The lowest BCUT2D eigenvalue weighted by Crippen LogP contribution is -2.65. The molecule has 4 aliphatic rings. The number of esters is 1. The molecular weight excluding hydrogens is 885 g/mol. The van der Waals surface area contributed by atoms with Crippen molar-refractivity contribution in [3.63, 3.8) is 0 Å². The second-order valence-corrected chi connectivity index (χ2v) is 20.4.